The SMILES string of the molecule is O=C(COC(=O)c1ccc(N2CCCC2)nn1)c1ccc2c(c1)OCO2. The number of rotatable bonds is 5. The average Bonchev–Trinajstić information content (AvgIpc) is 3.37. The molecule has 1 aromatic carbocycles. The van der Waals surface area contributed by atoms with E-state index < -0.39 is 5.97 Å². The highest BCUT2D eigenvalue weighted by Gasteiger charge is 2.19. The quantitative estimate of drug-likeness (QED) is 0.593. The lowest BCUT2D eigenvalue weighted by molar-refractivity contribution is 0.0467. The number of ether oxygens (including phenoxy) is 3. The van der Waals surface area contributed by atoms with Gasteiger partial charge < -0.3 is 19.1 Å². The molecule has 8 nitrogen and oxygen atoms in total. The molecule has 0 bridgehead atoms. The maximum atomic E-state index is 12.2. The number of nitrogens with zero attached hydrogens (tertiary/aromatic N) is 3. The molecule has 0 radical (unpaired) electrons. The maximum Gasteiger partial charge on any atom is 0.359 e. The van der Waals surface area contributed by atoms with Gasteiger partial charge in [0.2, 0.25) is 6.79 Å². The number of carbonyl (C=O) groups excluding carboxylic acids is 2. The molecule has 8 heteroatoms. The molecule has 1 fully saturated rings. The molecule has 4 rings (SSSR count). The van der Waals surface area contributed by atoms with Crippen molar-refractivity contribution >= 4 is 17.6 Å². The van der Waals surface area contributed by atoms with Gasteiger partial charge >= 0.3 is 5.97 Å². The van der Waals surface area contributed by atoms with Gasteiger partial charge in [-0.2, -0.15) is 0 Å². The molecule has 0 saturated carbocycles. The Balaban J connectivity index is 1.35. The first-order valence-corrected chi connectivity index (χ1v) is 8.39. The number of ketones is 1. The van der Waals surface area contributed by atoms with Crippen molar-refractivity contribution in [2.75, 3.05) is 31.4 Å². The molecule has 3 heterocycles. The zero-order chi connectivity index (χ0) is 17.9. The number of aromatic nitrogens is 2. The summed E-state index contributed by atoms with van der Waals surface area (Å²) in [4.78, 5) is 26.4. The summed E-state index contributed by atoms with van der Waals surface area (Å²) in [6.45, 7) is 1.65. The molecule has 0 unspecified atom stereocenters. The Bertz CT molecular complexity index is 831. The topological polar surface area (TPSA) is 90.9 Å². The van der Waals surface area contributed by atoms with Crippen LogP contribution in [0.25, 0.3) is 0 Å². The van der Waals surface area contributed by atoms with Crippen LogP contribution in [0.15, 0.2) is 30.3 Å². The molecule has 1 aromatic heterocycles. The molecular weight excluding hydrogens is 338 g/mol. The van der Waals surface area contributed by atoms with Crippen LogP contribution in [0.4, 0.5) is 5.82 Å². The number of fused-ring (bicyclic) bond motifs is 1. The van der Waals surface area contributed by atoms with Crippen LogP contribution >= 0.6 is 0 Å². The van der Waals surface area contributed by atoms with E-state index in [-0.39, 0.29) is 24.9 Å². The Morgan fingerprint density at radius 1 is 1.04 bits per heavy atom. The molecule has 26 heavy (non-hydrogen) atoms. The predicted molar refractivity (Wildman–Crippen MR) is 90.7 cm³/mol. The lowest BCUT2D eigenvalue weighted by atomic mass is 10.1. The van der Waals surface area contributed by atoms with E-state index in [1.165, 1.54) is 0 Å². The van der Waals surface area contributed by atoms with E-state index in [1.54, 1.807) is 30.3 Å². The van der Waals surface area contributed by atoms with Gasteiger partial charge in [-0.1, -0.05) is 0 Å². The van der Waals surface area contributed by atoms with E-state index in [9.17, 15) is 9.59 Å². The van der Waals surface area contributed by atoms with Crippen LogP contribution in [0.3, 0.4) is 0 Å². The second-order valence-electron chi connectivity index (χ2n) is 6.04. The van der Waals surface area contributed by atoms with E-state index in [2.05, 4.69) is 15.1 Å². The molecule has 2 aromatic rings. The van der Waals surface area contributed by atoms with E-state index in [4.69, 9.17) is 14.2 Å². The third kappa shape index (κ3) is 3.30. The van der Waals surface area contributed by atoms with Gasteiger partial charge in [-0.15, -0.1) is 10.2 Å². The lowest BCUT2D eigenvalue weighted by Gasteiger charge is -2.15. The van der Waals surface area contributed by atoms with Crippen LogP contribution in [0.5, 0.6) is 11.5 Å². The third-order valence-corrected chi connectivity index (χ3v) is 4.32. The van der Waals surface area contributed by atoms with E-state index >= 15 is 0 Å². The Morgan fingerprint density at radius 3 is 2.62 bits per heavy atom. The number of Topliss-reactive ketones (excluding diaryl/α,β-unsaturated/α-hetero) is 1. The summed E-state index contributed by atoms with van der Waals surface area (Å²) < 4.78 is 15.5. The zero-order valence-electron chi connectivity index (χ0n) is 14.0. The van der Waals surface area contributed by atoms with Crippen LogP contribution in [0.2, 0.25) is 0 Å². The number of hydrogen-bond donors (Lipinski definition) is 0. The van der Waals surface area contributed by atoms with Crippen molar-refractivity contribution < 1.29 is 23.8 Å². The van der Waals surface area contributed by atoms with Crippen molar-refractivity contribution in [3.05, 3.63) is 41.6 Å². The highest BCUT2D eigenvalue weighted by atomic mass is 16.7. The largest absolute Gasteiger partial charge is 0.454 e. The molecule has 0 aliphatic carbocycles. The van der Waals surface area contributed by atoms with Crippen molar-refractivity contribution in [3.63, 3.8) is 0 Å². The normalized spacial score (nSPS) is 15.2. The smallest absolute Gasteiger partial charge is 0.359 e. The summed E-state index contributed by atoms with van der Waals surface area (Å²) >= 11 is 0. The monoisotopic (exact) mass is 355 g/mol. The molecule has 0 amide bonds. The Kier molecular flexibility index (Phi) is 4.39. The summed E-state index contributed by atoms with van der Waals surface area (Å²) in [6.07, 6.45) is 2.26. The van der Waals surface area contributed by atoms with E-state index in [0.29, 0.717) is 17.1 Å². The molecular formula is C18H17N3O5. The van der Waals surface area contributed by atoms with Crippen LogP contribution in [-0.2, 0) is 4.74 Å². The molecule has 134 valence electrons. The van der Waals surface area contributed by atoms with Gasteiger partial charge in [-0.05, 0) is 43.2 Å². The second kappa shape index (κ2) is 6.99. The van der Waals surface area contributed by atoms with Crippen LogP contribution < -0.4 is 14.4 Å². The highest BCUT2D eigenvalue weighted by molar-refractivity contribution is 5.99. The van der Waals surface area contributed by atoms with Crippen molar-refractivity contribution in [2.45, 2.75) is 12.8 Å². The second-order valence-corrected chi connectivity index (χ2v) is 6.04. The Hall–Kier alpha value is -3.16. The van der Waals surface area contributed by atoms with Gasteiger partial charge in [0.05, 0.1) is 0 Å². The zero-order valence-corrected chi connectivity index (χ0v) is 14.0. The van der Waals surface area contributed by atoms with Crippen molar-refractivity contribution in [2.24, 2.45) is 0 Å². The van der Waals surface area contributed by atoms with Crippen molar-refractivity contribution in [1.82, 2.24) is 10.2 Å². The molecule has 2 aliphatic rings. The Labute approximate surface area is 149 Å². The lowest BCUT2D eigenvalue weighted by Crippen LogP contribution is -2.20. The summed E-state index contributed by atoms with van der Waals surface area (Å²) in [7, 11) is 0. The molecule has 2 aliphatic heterocycles. The van der Waals surface area contributed by atoms with Crippen LogP contribution in [0, 0.1) is 0 Å². The minimum absolute atomic E-state index is 0.0754. The summed E-state index contributed by atoms with van der Waals surface area (Å²) in [6, 6.07) is 8.14. The van der Waals surface area contributed by atoms with E-state index in [0.717, 1.165) is 31.7 Å². The minimum atomic E-state index is -0.681. The van der Waals surface area contributed by atoms with Gasteiger partial charge in [0.1, 0.15) is 0 Å². The number of esters is 1. The van der Waals surface area contributed by atoms with Crippen molar-refractivity contribution in [1.29, 1.82) is 0 Å². The number of benzene rings is 1. The first kappa shape index (κ1) is 16.3. The van der Waals surface area contributed by atoms with E-state index in [1.807, 2.05) is 0 Å². The van der Waals surface area contributed by atoms with Gasteiger partial charge in [0, 0.05) is 18.7 Å². The van der Waals surface area contributed by atoms with Gasteiger partial charge in [0.25, 0.3) is 0 Å². The third-order valence-electron chi connectivity index (χ3n) is 4.32. The summed E-state index contributed by atoms with van der Waals surface area (Å²) in [5, 5.41) is 7.97. The average molecular weight is 355 g/mol. The standard InChI is InChI=1S/C18H17N3O5/c22-14(12-3-5-15-16(9-12)26-11-25-15)10-24-18(23)13-4-6-17(20-19-13)21-7-1-2-8-21/h3-6,9H,1-2,7-8,10-11H2. The minimum Gasteiger partial charge on any atom is -0.454 e. The summed E-state index contributed by atoms with van der Waals surface area (Å²) in [5.41, 5.74) is 0.462. The van der Waals surface area contributed by atoms with Crippen LogP contribution in [-0.4, -0.2) is 48.4 Å². The fraction of sp³-hybridized carbons (Fsp3) is 0.333. The fourth-order valence-electron chi connectivity index (χ4n) is 2.91. The number of anilines is 1. The first-order valence-electron chi connectivity index (χ1n) is 8.39. The fourth-order valence-corrected chi connectivity index (χ4v) is 2.91. The highest BCUT2D eigenvalue weighted by Crippen LogP contribution is 2.32. The van der Waals surface area contributed by atoms with Gasteiger partial charge in [-0.25, -0.2) is 4.79 Å². The van der Waals surface area contributed by atoms with Gasteiger partial charge in [-0.3, -0.25) is 4.79 Å². The first-order chi connectivity index (χ1) is 12.7. The van der Waals surface area contributed by atoms with Crippen molar-refractivity contribution in [3.8, 4) is 11.5 Å². The molecule has 0 atom stereocenters. The molecule has 1 saturated heterocycles. The molecule has 0 N–H and O–H groups in total. The predicted octanol–water partition coefficient (Wildman–Crippen LogP) is 1.85. The Morgan fingerprint density at radius 2 is 1.85 bits per heavy atom. The maximum absolute atomic E-state index is 12.2. The number of hydrogen-bond acceptors (Lipinski definition) is 8. The molecule has 0 spiro atoms. The van der Waals surface area contributed by atoms with Gasteiger partial charge in [0.15, 0.2) is 35.4 Å². The summed E-state index contributed by atoms with van der Waals surface area (Å²) in [5.74, 6) is 0.825. The van der Waals surface area contributed by atoms with Crippen LogP contribution in [0.1, 0.15) is 33.7 Å². The number of carbonyl (C=O) groups is 2.